The van der Waals surface area contributed by atoms with Gasteiger partial charge in [0.25, 0.3) is 5.91 Å². The first-order chi connectivity index (χ1) is 12.7. The number of sulfonamides is 1. The topological polar surface area (TPSA) is 109 Å². The lowest BCUT2D eigenvalue weighted by atomic mass is 10.0. The number of aliphatic imine (C=N–C) groups is 1. The van der Waals surface area contributed by atoms with Crippen LogP contribution in [-0.2, 0) is 21.4 Å². The predicted octanol–water partition coefficient (Wildman–Crippen LogP) is 1.69. The van der Waals surface area contributed by atoms with Gasteiger partial charge >= 0.3 is 6.03 Å². The summed E-state index contributed by atoms with van der Waals surface area (Å²) in [5, 5.41) is -0.148. The summed E-state index contributed by atoms with van der Waals surface area (Å²) in [6.07, 6.45) is 7.44. The third-order valence-corrected chi connectivity index (χ3v) is 7.39. The number of carbonyl (C=O) groups excluding carboxylic acids is 2. The van der Waals surface area contributed by atoms with Crippen molar-refractivity contribution in [2.75, 3.05) is 0 Å². The minimum atomic E-state index is -3.67. The van der Waals surface area contributed by atoms with E-state index in [0.717, 1.165) is 27.6 Å². The first-order valence-electron chi connectivity index (χ1n) is 8.46. The van der Waals surface area contributed by atoms with Crippen molar-refractivity contribution in [3.63, 3.8) is 0 Å². The molecule has 0 bridgehead atoms. The van der Waals surface area contributed by atoms with Gasteiger partial charge in [0.05, 0.1) is 22.8 Å². The quantitative estimate of drug-likeness (QED) is 0.800. The van der Waals surface area contributed by atoms with Gasteiger partial charge in [-0.1, -0.05) is 6.08 Å². The standard InChI is InChI=1S/C17H18N4O4S2/c1-10-18-8-11(26-10)9-21-15(22)13-7-12(3-4-14(13)19-16(21)23)27(24,25)20-17(2)5-6-17/h3-4,7-8,12,20H,5-6,9H2,1-2H3. The number of nitrogens with one attached hydrogen (secondary N) is 1. The second kappa shape index (κ2) is 6.18. The first-order valence-corrected chi connectivity index (χ1v) is 10.8. The number of hydrogen-bond donors (Lipinski definition) is 1. The normalized spacial score (nSPS) is 23.8. The van der Waals surface area contributed by atoms with E-state index in [1.807, 2.05) is 13.8 Å². The van der Waals surface area contributed by atoms with Gasteiger partial charge in [0.1, 0.15) is 5.25 Å². The fourth-order valence-corrected chi connectivity index (χ4v) is 5.33. The molecule has 1 fully saturated rings. The van der Waals surface area contributed by atoms with Crippen molar-refractivity contribution in [2.45, 2.75) is 44.0 Å². The number of carbonyl (C=O) groups is 2. The number of urea groups is 1. The average molecular weight is 406 g/mol. The second-order valence-electron chi connectivity index (χ2n) is 7.13. The zero-order valence-corrected chi connectivity index (χ0v) is 16.4. The molecule has 142 valence electrons. The van der Waals surface area contributed by atoms with Crippen molar-refractivity contribution in [1.29, 1.82) is 0 Å². The van der Waals surface area contributed by atoms with Crippen molar-refractivity contribution in [2.24, 2.45) is 4.99 Å². The third kappa shape index (κ3) is 3.52. The summed E-state index contributed by atoms with van der Waals surface area (Å²) in [5.74, 6) is -0.543. The lowest BCUT2D eigenvalue weighted by Gasteiger charge is -2.27. The Morgan fingerprint density at radius 1 is 1.37 bits per heavy atom. The van der Waals surface area contributed by atoms with Crippen LogP contribution in [-0.4, -0.2) is 46.7 Å². The molecule has 4 rings (SSSR count). The molecule has 0 saturated heterocycles. The van der Waals surface area contributed by atoms with Crippen LogP contribution in [0.2, 0.25) is 0 Å². The van der Waals surface area contributed by atoms with E-state index in [4.69, 9.17) is 0 Å². The number of amides is 3. The SMILES string of the molecule is Cc1ncc(CN2C(=O)N=C3C=CC(S(=O)(=O)NC4(C)CC4)C=C3C2=O)s1. The van der Waals surface area contributed by atoms with E-state index < -0.39 is 32.8 Å². The molecule has 2 heterocycles. The van der Waals surface area contributed by atoms with Gasteiger partial charge in [-0.05, 0) is 38.8 Å². The molecule has 0 radical (unpaired) electrons. The van der Waals surface area contributed by atoms with Crippen molar-refractivity contribution < 1.29 is 18.0 Å². The molecule has 1 unspecified atom stereocenters. The maximum Gasteiger partial charge on any atom is 0.351 e. The number of aromatic nitrogens is 1. The molecule has 1 atom stereocenters. The Balaban J connectivity index is 1.61. The van der Waals surface area contributed by atoms with Gasteiger partial charge in [-0.25, -0.2) is 22.9 Å². The Hall–Kier alpha value is -2.17. The van der Waals surface area contributed by atoms with Crippen LogP contribution < -0.4 is 4.72 Å². The van der Waals surface area contributed by atoms with E-state index >= 15 is 0 Å². The van der Waals surface area contributed by atoms with Crippen LogP contribution in [0.1, 0.15) is 29.7 Å². The zero-order valence-electron chi connectivity index (χ0n) is 14.8. The number of fused-ring (bicyclic) bond motifs is 1. The number of thiazole rings is 1. The van der Waals surface area contributed by atoms with E-state index in [1.165, 1.54) is 29.6 Å². The molecule has 0 aromatic carbocycles. The van der Waals surface area contributed by atoms with E-state index in [1.54, 1.807) is 6.20 Å². The van der Waals surface area contributed by atoms with Crippen LogP contribution in [0.4, 0.5) is 4.79 Å². The molecule has 3 aliphatic rings. The van der Waals surface area contributed by atoms with Gasteiger partial charge in [0.15, 0.2) is 0 Å². The zero-order chi connectivity index (χ0) is 19.4. The molecule has 1 aliphatic heterocycles. The van der Waals surface area contributed by atoms with Gasteiger partial charge in [0.2, 0.25) is 10.0 Å². The van der Waals surface area contributed by atoms with Gasteiger partial charge < -0.3 is 0 Å². The van der Waals surface area contributed by atoms with Crippen molar-refractivity contribution in [3.05, 3.63) is 39.9 Å². The Labute approximate surface area is 160 Å². The van der Waals surface area contributed by atoms with Crippen LogP contribution in [0.15, 0.2) is 35.0 Å². The highest BCUT2D eigenvalue weighted by Crippen LogP contribution is 2.36. The average Bonchev–Trinajstić information content (AvgIpc) is 3.16. The van der Waals surface area contributed by atoms with Gasteiger partial charge in [-0.15, -0.1) is 11.3 Å². The van der Waals surface area contributed by atoms with E-state index in [-0.39, 0.29) is 17.8 Å². The minimum Gasteiger partial charge on any atom is -0.268 e. The Morgan fingerprint density at radius 3 is 2.74 bits per heavy atom. The Kier molecular flexibility index (Phi) is 4.17. The van der Waals surface area contributed by atoms with Crippen LogP contribution in [0.3, 0.4) is 0 Å². The number of aryl methyl sites for hydroxylation is 1. The van der Waals surface area contributed by atoms with Gasteiger partial charge in [0, 0.05) is 16.6 Å². The van der Waals surface area contributed by atoms with Crippen LogP contribution in [0.5, 0.6) is 0 Å². The molecule has 1 saturated carbocycles. The number of allylic oxidation sites excluding steroid dienone is 1. The lowest BCUT2D eigenvalue weighted by molar-refractivity contribution is -0.124. The highest BCUT2D eigenvalue weighted by Gasteiger charge is 2.43. The first kappa shape index (κ1) is 18.2. The van der Waals surface area contributed by atoms with Crippen LogP contribution in [0.25, 0.3) is 0 Å². The van der Waals surface area contributed by atoms with Crippen LogP contribution >= 0.6 is 11.3 Å². The molecule has 0 spiro atoms. The minimum absolute atomic E-state index is 0.0642. The number of hydrogen-bond acceptors (Lipinski definition) is 6. The Morgan fingerprint density at radius 2 is 2.11 bits per heavy atom. The molecular weight excluding hydrogens is 388 g/mol. The van der Waals surface area contributed by atoms with Gasteiger partial charge in [-0.2, -0.15) is 4.99 Å². The molecule has 27 heavy (non-hydrogen) atoms. The summed E-state index contributed by atoms with van der Waals surface area (Å²) in [7, 11) is -3.67. The second-order valence-corrected chi connectivity index (χ2v) is 10.3. The largest absolute Gasteiger partial charge is 0.351 e. The highest BCUT2D eigenvalue weighted by molar-refractivity contribution is 7.90. The summed E-state index contributed by atoms with van der Waals surface area (Å²) in [6, 6.07) is -0.659. The molecule has 2 aliphatic carbocycles. The fraction of sp³-hybridized carbons (Fsp3) is 0.412. The number of imide groups is 1. The number of nitrogens with zero attached hydrogens (tertiary/aromatic N) is 3. The summed E-state index contributed by atoms with van der Waals surface area (Å²) >= 11 is 1.39. The van der Waals surface area contributed by atoms with Crippen molar-refractivity contribution >= 4 is 39.0 Å². The number of rotatable bonds is 5. The molecule has 3 amide bonds. The lowest BCUT2D eigenvalue weighted by Crippen LogP contribution is -2.44. The molecular formula is C17H18N4O4S2. The maximum absolute atomic E-state index is 12.8. The smallest absolute Gasteiger partial charge is 0.268 e. The third-order valence-electron chi connectivity index (χ3n) is 4.70. The maximum atomic E-state index is 12.8. The van der Waals surface area contributed by atoms with E-state index in [2.05, 4.69) is 14.7 Å². The highest BCUT2D eigenvalue weighted by atomic mass is 32.2. The monoisotopic (exact) mass is 406 g/mol. The van der Waals surface area contributed by atoms with Gasteiger partial charge in [-0.3, -0.25) is 9.69 Å². The van der Waals surface area contributed by atoms with Crippen molar-refractivity contribution in [3.8, 4) is 0 Å². The van der Waals surface area contributed by atoms with Crippen LogP contribution in [0, 0.1) is 6.92 Å². The summed E-state index contributed by atoms with van der Waals surface area (Å²) < 4.78 is 27.9. The summed E-state index contributed by atoms with van der Waals surface area (Å²) in [5.41, 5.74) is -0.0669. The fourth-order valence-electron chi connectivity index (χ4n) is 2.92. The molecule has 1 aromatic rings. The Bertz CT molecular complexity index is 1030. The molecule has 1 aromatic heterocycles. The molecule has 10 heteroatoms. The summed E-state index contributed by atoms with van der Waals surface area (Å²) in [6.45, 7) is 3.75. The van der Waals surface area contributed by atoms with E-state index in [0.29, 0.717) is 0 Å². The predicted molar refractivity (Wildman–Crippen MR) is 101 cm³/mol. The van der Waals surface area contributed by atoms with E-state index in [9.17, 15) is 18.0 Å². The van der Waals surface area contributed by atoms with Crippen molar-refractivity contribution in [1.82, 2.24) is 14.6 Å². The molecule has 1 N–H and O–H groups in total. The molecule has 8 nitrogen and oxygen atoms in total. The summed E-state index contributed by atoms with van der Waals surface area (Å²) in [4.78, 5) is 34.9.